The van der Waals surface area contributed by atoms with Gasteiger partial charge in [-0.3, -0.25) is 4.55 Å². The van der Waals surface area contributed by atoms with E-state index in [1.165, 1.54) is 51.4 Å². The lowest BCUT2D eigenvalue weighted by Crippen LogP contribution is -2.11. The smallest absolute Gasteiger partial charge is 0.264 e. The zero-order chi connectivity index (χ0) is 16.1. The quantitative estimate of drug-likeness (QED) is 0.361. The predicted molar refractivity (Wildman–Crippen MR) is 87.7 cm³/mol. The van der Waals surface area contributed by atoms with Crippen LogP contribution in [0.4, 0.5) is 0 Å². The molecule has 0 rings (SSSR count). The Morgan fingerprint density at radius 2 is 1.33 bits per heavy atom. The molecule has 0 spiro atoms. The summed E-state index contributed by atoms with van der Waals surface area (Å²) in [5.41, 5.74) is 0. The van der Waals surface area contributed by atoms with Crippen LogP contribution in [0.25, 0.3) is 0 Å². The second-order valence-corrected chi connectivity index (χ2v) is 7.50. The Kier molecular flexibility index (Phi) is 12.3. The van der Waals surface area contributed by atoms with Gasteiger partial charge < -0.3 is 0 Å². The molecule has 0 radical (unpaired) electrons. The van der Waals surface area contributed by atoms with Crippen molar-refractivity contribution in [1.29, 1.82) is 0 Å². The summed E-state index contributed by atoms with van der Waals surface area (Å²) in [5.74, 6) is 0.987. The summed E-state index contributed by atoms with van der Waals surface area (Å²) in [7, 11) is -4.28. The maximum Gasteiger partial charge on any atom is 0.397 e. The Morgan fingerprint density at radius 3 is 1.81 bits per heavy atom. The van der Waals surface area contributed by atoms with Crippen molar-refractivity contribution in [3.05, 3.63) is 0 Å². The molecular weight excluding hydrogens is 288 g/mol. The summed E-state index contributed by atoms with van der Waals surface area (Å²) in [6, 6.07) is 0. The molecule has 0 aliphatic rings. The van der Waals surface area contributed by atoms with E-state index in [0.29, 0.717) is 0 Å². The first-order valence-electron chi connectivity index (χ1n) is 8.47. The lowest BCUT2D eigenvalue weighted by Gasteiger charge is -2.12. The van der Waals surface area contributed by atoms with E-state index in [1.54, 1.807) is 0 Å². The molecular formula is C16H34O4S. The molecule has 0 saturated carbocycles. The first-order valence-corrected chi connectivity index (χ1v) is 9.83. The van der Waals surface area contributed by atoms with Crippen LogP contribution in [0, 0.1) is 11.8 Å². The summed E-state index contributed by atoms with van der Waals surface area (Å²) in [4.78, 5) is 0. The van der Waals surface area contributed by atoms with Crippen molar-refractivity contribution in [3.8, 4) is 0 Å². The van der Waals surface area contributed by atoms with Crippen LogP contribution in [0.5, 0.6) is 0 Å². The lowest BCUT2D eigenvalue weighted by atomic mass is 9.95. The monoisotopic (exact) mass is 322 g/mol. The van der Waals surface area contributed by atoms with Crippen LogP contribution in [-0.2, 0) is 14.6 Å². The highest BCUT2D eigenvalue weighted by molar-refractivity contribution is 7.80. The lowest BCUT2D eigenvalue weighted by molar-refractivity contribution is 0.222. The third kappa shape index (κ3) is 16.1. The van der Waals surface area contributed by atoms with Gasteiger partial charge in [-0.25, -0.2) is 4.18 Å². The van der Waals surface area contributed by atoms with Gasteiger partial charge in [0.2, 0.25) is 0 Å². The highest BCUT2D eigenvalue weighted by Gasteiger charge is 2.09. The fourth-order valence-electron chi connectivity index (χ4n) is 2.51. The Morgan fingerprint density at radius 1 is 0.857 bits per heavy atom. The number of rotatable bonds is 14. The SMILES string of the molecule is CCCCCCC(C)CCCCCC(C)COS(=O)(=O)O. The van der Waals surface area contributed by atoms with E-state index in [1.807, 2.05) is 6.92 Å². The van der Waals surface area contributed by atoms with Gasteiger partial charge in [-0.05, 0) is 18.3 Å². The van der Waals surface area contributed by atoms with Crippen molar-refractivity contribution in [2.45, 2.75) is 85.0 Å². The molecule has 0 bridgehead atoms. The minimum absolute atomic E-state index is 0.0761. The average molecular weight is 323 g/mol. The second-order valence-electron chi connectivity index (χ2n) is 6.41. The molecule has 21 heavy (non-hydrogen) atoms. The third-order valence-electron chi connectivity index (χ3n) is 3.95. The molecule has 1 N–H and O–H groups in total. The number of hydrogen-bond donors (Lipinski definition) is 1. The van der Waals surface area contributed by atoms with E-state index in [0.717, 1.165) is 18.8 Å². The van der Waals surface area contributed by atoms with Crippen molar-refractivity contribution >= 4 is 10.4 Å². The van der Waals surface area contributed by atoms with E-state index >= 15 is 0 Å². The van der Waals surface area contributed by atoms with Gasteiger partial charge in [-0.1, -0.05) is 78.6 Å². The molecule has 4 nitrogen and oxygen atoms in total. The van der Waals surface area contributed by atoms with Crippen LogP contribution < -0.4 is 0 Å². The van der Waals surface area contributed by atoms with Crippen LogP contribution in [-0.4, -0.2) is 19.6 Å². The highest BCUT2D eigenvalue weighted by atomic mass is 32.3. The van der Waals surface area contributed by atoms with Crippen molar-refractivity contribution in [2.24, 2.45) is 11.8 Å². The topological polar surface area (TPSA) is 63.6 Å². The molecule has 2 atom stereocenters. The van der Waals surface area contributed by atoms with Crippen molar-refractivity contribution in [2.75, 3.05) is 6.61 Å². The highest BCUT2D eigenvalue weighted by Crippen LogP contribution is 2.18. The fourth-order valence-corrected chi connectivity index (χ4v) is 2.92. The molecule has 0 heterocycles. The molecule has 128 valence electrons. The van der Waals surface area contributed by atoms with Gasteiger partial charge in [0.15, 0.2) is 0 Å². The van der Waals surface area contributed by atoms with Gasteiger partial charge >= 0.3 is 10.4 Å². The summed E-state index contributed by atoms with van der Waals surface area (Å²) >= 11 is 0. The van der Waals surface area contributed by atoms with Gasteiger partial charge in [0.05, 0.1) is 6.61 Å². The maximum absolute atomic E-state index is 10.4. The predicted octanol–water partition coefficient (Wildman–Crippen LogP) is 5.00. The van der Waals surface area contributed by atoms with Crippen LogP contribution in [0.15, 0.2) is 0 Å². The largest absolute Gasteiger partial charge is 0.397 e. The molecule has 0 saturated heterocycles. The summed E-state index contributed by atoms with van der Waals surface area (Å²) in [6.45, 7) is 6.61. The summed E-state index contributed by atoms with van der Waals surface area (Å²) in [5, 5.41) is 0. The van der Waals surface area contributed by atoms with E-state index < -0.39 is 10.4 Å². The molecule has 0 aliphatic carbocycles. The van der Waals surface area contributed by atoms with Crippen LogP contribution in [0.2, 0.25) is 0 Å². The van der Waals surface area contributed by atoms with E-state index in [-0.39, 0.29) is 12.5 Å². The van der Waals surface area contributed by atoms with Crippen LogP contribution in [0.1, 0.15) is 85.0 Å². The molecule has 0 aromatic rings. The average Bonchev–Trinajstić information content (AvgIpc) is 2.40. The fraction of sp³-hybridized carbons (Fsp3) is 1.00. The van der Waals surface area contributed by atoms with Crippen LogP contribution >= 0.6 is 0 Å². The summed E-state index contributed by atoms with van der Waals surface area (Å²) in [6.07, 6.45) is 12.5. The van der Waals surface area contributed by atoms with Gasteiger partial charge in [0, 0.05) is 0 Å². The molecule has 5 heteroatoms. The summed E-state index contributed by atoms with van der Waals surface area (Å²) < 4.78 is 33.8. The Labute approximate surface area is 131 Å². The Balaban J connectivity index is 3.42. The first-order chi connectivity index (χ1) is 9.85. The maximum atomic E-state index is 10.4. The van der Waals surface area contributed by atoms with Crippen molar-refractivity contribution in [3.63, 3.8) is 0 Å². The molecule has 0 amide bonds. The Bertz CT molecular complexity index is 327. The zero-order valence-electron chi connectivity index (χ0n) is 14.0. The van der Waals surface area contributed by atoms with Gasteiger partial charge in [-0.15, -0.1) is 0 Å². The van der Waals surface area contributed by atoms with E-state index in [2.05, 4.69) is 18.0 Å². The Hall–Kier alpha value is -0.130. The standard InChI is InChI=1S/C16H34O4S/c1-4-5-6-8-11-15(2)12-9-7-10-13-16(3)14-20-21(17,18)19/h15-16H,4-14H2,1-3H3,(H,17,18,19). The number of unbranched alkanes of at least 4 members (excludes halogenated alkanes) is 5. The molecule has 0 aromatic carbocycles. The van der Waals surface area contributed by atoms with E-state index in [4.69, 9.17) is 4.55 Å². The third-order valence-corrected chi connectivity index (χ3v) is 4.38. The molecule has 0 aromatic heterocycles. The van der Waals surface area contributed by atoms with Crippen LogP contribution in [0.3, 0.4) is 0 Å². The van der Waals surface area contributed by atoms with E-state index in [9.17, 15) is 8.42 Å². The molecule has 0 aliphatic heterocycles. The second kappa shape index (κ2) is 12.4. The van der Waals surface area contributed by atoms with Gasteiger partial charge in [0.25, 0.3) is 0 Å². The normalized spacial score (nSPS) is 15.0. The minimum atomic E-state index is -4.28. The van der Waals surface area contributed by atoms with Crippen molar-refractivity contribution in [1.82, 2.24) is 0 Å². The minimum Gasteiger partial charge on any atom is -0.264 e. The van der Waals surface area contributed by atoms with Gasteiger partial charge in [-0.2, -0.15) is 8.42 Å². The number of hydrogen-bond acceptors (Lipinski definition) is 3. The molecule has 2 unspecified atom stereocenters. The first kappa shape index (κ1) is 20.9. The molecule has 0 fully saturated rings. The van der Waals surface area contributed by atoms with Gasteiger partial charge in [0.1, 0.15) is 0 Å². The zero-order valence-corrected chi connectivity index (χ0v) is 14.8. The van der Waals surface area contributed by atoms with Crippen molar-refractivity contribution < 1.29 is 17.2 Å².